The first kappa shape index (κ1) is 14.6. The molecular formula is C16H21NO3. The van der Waals surface area contributed by atoms with Crippen LogP contribution in [0.1, 0.15) is 44.0 Å². The van der Waals surface area contributed by atoms with Gasteiger partial charge in [0.25, 0.3) is 0 Å². The van der Waals surface area contributed by atoms with Crippen molar-refractivity contribution in [3.63, 3.8) is 0 Å². The number of hydrogen-bond donors (Lipinski definition) is 0. The van der Waals surface area contributed by atoms with E-state index in [-0.39, 0.29) is 17.1 Å². The Morgan fingerprint density at radius 2 is 2.05 bits per heavy atom. The van der Waals surface area contributed by atoms with Gasteiger partial charge < -0.3 is 9.64 Å². The summed E-state index contributed by atoms with van der Waals surface area (Å²) in [4.78, 5) is 26.2. The molecule has 2 rings (SSSR count). The number of nitrogens with zero attached hydrogens (tertiary/aromatic N) is 1. The van der Waals surface area contributed by atoms with Gasteiger partial charge in [0, 0.05) is 24.9 Å². The molecule has 1 heterocycles. The van der Waals surface area contributed by atoms with Crippen LogP contribution in [0.5, 0.6) is 5.75 Å². The van der Waals surface area contributed by atoms with Crippen molar-refractivity contribution in [1.29, 1.82) is 0 Å². The number of methoxy groups -OCH3 is 1. The lowest BCUT2D eigenvalue weighted by atomic mass is 9.90. The van der Waals surface area contributed by atoms with Gasteiger partial charge in [0.1, 0.15) is 5.75 Å². The highest BCUT2D eigenvalue weighted by molar-refractivity contribution is 6.09. The molecule has 0 unspecified atom stereocenters. The van der Waals surface area contributed by atoms with Crippen molar-refractivity contribution >= 4 is 17.4 Å². The Hall–Kier alpha value is -1.84. The highest BCUT2D eigenvalue weighted by Crippen LogP contribution is 2.32. The van der Waals surface area contributed by atoms with Crippen LogP contribution in [-0.2, 0) is 4.79 Å². The smallest absolute Gasteiger partial charge is 0.227 e. The van der Waals surface area contributed by atoms with E-state index in [0.29, 0.717) is 36.4 Å². The third-order valence-corrected chi connectivity index (χ3v) is 3.34. The highest BCUT2D eigenvalue weighted by Gasteiger charge is 2.29. The van der Waals surface area contributed by atoms with Crippen LogP contribution in [0, 0.1) is 5.41 Å². The molecular weight excluding hydrogens is 254 g/mol. The van der Waals surface area contributed by atoms with E-state index in [1.54, 1.807) is 30.2 Å². The number of fused-ring (bicyclic) bond motifs is 1. The SMILES string of the molecule is COc1ccc2c(c1)C(=O)CCN2C(=O)CC(C)(C)C. The van der Waals surface area contributed by atoms with Crippen LogP contribution >= 0.6 is 0 Å². The number of ether oxygens (including phenoxy) is 1. The largest absolute Gasteiger partial charge is 0.497 e. The fourth-order valence-corrected chi connectivity index (χ4v) is 2.38. The number of anilines is 1. The maximum Gasteiger partial charge on any atom is 0.227 e. The lowest BCUT2D eigenvalue weighted by molar-refractivity contribution is -0.120. The number of ketones is 1. The van der Waals surface area contributed by atoms with Gasteiger partial charge >= 0.3 is 0 Å². The number of amides is 1. The molecule has 0 aromatic heterocycles. The lowest BCUT2D eigenvalue weighted by Crippen LogP contribution is -2.39. The topological polar surface area (TPSA) is 46.6 Å². The predicted molar refractivity (Wildman–Crippen MR) is 78.4 cm³/mol. The number of rotatable bonds is 2. The zero-order valence-corrected chi connectivity index (χ0v) is 12.5. The van der Waals surface area contributed by atoms with Crippen LogP contribution in [0.3, 0.4) is 0 Å². The monoisotopic (exact) mass is 275 g/mol. The first-order chi connectivity index (χ1) is 9.31. The molecule has 0 aliphatic carbocycles. The molecule has 0 radical (unpaired) electrons. The molecule has 1 aliphatic heterocycles. The predicted octanol–water partition coefficient (Wildman–Crippen LogP) is 3.05. The first-order valence-corrected chi connectivity index (χ1v) is 6.83. The van der Waals surface area contributed by atoms with Crippen molar-refractivity contribution in [2.45, 2.75) is 33.6 Å². The molecule has 0 bridgehead atoms. The standard InChI is InChI=1S/C16H21NO3/c1-16(2,3)10-15(19)17-8-7-14(18)12-9-11(20-4)5-6-13(12)17/h5-6,9H,7-8,10H2,1-4H3. The van der Waals surface area contributed by atoms with Crippen molar-refractivity contribution in [3.05, 3.63) is 23.8 Å². The first-order valence-electron chi connectivity index (χ1n) is 6.83. The van der Waals surface area contributed by atoms with Crippen molar-refractivity contribution in [3.8, 4) is 5.75 Å². The summed E-state index contributed by atoms with van der Waals surface area (Å²) in [5, 5.41) is 0. The molecule has 0 N–H and O–H groups in total. The van der Waals surface area contributed by atoms with Crippen LogP contribution in [0.4, 0.5) is 5.69 Å². The van der Waals surface area contributed by atoms with Gasteiger partial charge in [-0.05, 0) is 23.6 Å². The maximum atomic E-state index is 12.4. The molecule has 1 aromatic carbocycles. The van der Waals surface area contributed by atoms with E-state index in [2.05, 4.69) is 0 Å². The van der Waals surface area contributed by atoms with Gasteiger partial charge in [0.15, 0.2) is 5.78 Å². The summed E-state index contributed by atoms with van der Waals surface area (Å²) in [6, 6.07) is 5.30. The summed E-state index contributed by atoms with van der Waals surface area (Å²) in [7, 11) is 1.57. The molecule has 108 valence electrons. The van der Waals surface area contributed by atoms with E-state index < -0.39 is 0 Å². The third-order valence-electron chi connectivity index (χ3n) is 3.34. The van der Waals surface area contributed by atoms with Gasteiger partial charge in [-0.1, -0.05) is 20.8 Å². The van der Waals surface area contributed by atoms with Gasteiger partial charge in [0.2, 0.25) is 5.91 Å². The second-order valence-electron chi connectivity index (χ2n) is 6.34. The molecule has 1 aromatic rings. The van der Waals surface area contributed by atoms with Gasteiger partial charge in [-0.2, -0.15) is 0 Å². The zero-order valence-electron chi connectivity index (χ0n) is 12.5. The minimum absolute atomic E-state index is 0.0643. The highest BCUT2D eigenvalue weighted by atomic mass is 16.5. The van der Waals surface area contributed by atoms with Gasteiger partial charge in [-0.3, -0.25) is 9.59 Å². The number of carbonyl (C=O) groups excluding carboxylic acids is 2. The molecule has 0 fully saturated rings. The Bertz CT molecular complexity index is 543. The maximum absolute atomic E-state index is 12.4. The van der Waals surface area contributed by atoms with Gasteiger partial charge in [-0.25, -0.2) is 0 Å². The Kier molecular flexibility index (Phi) is 3.84. The number of carbonyl (C=O) groups is 2. The van der Waals surface area contributed by atoms with Gasteiger partial charge in [0.05, 0.1) is 12.8 Å². The van der Waals surface area contributed by atoms with Crippen molar-refractivity contribution in [2.24, 2.45) is 5.41 Å². The zero-order chi connectivity index (χ0) is 14.9. The van der Waals surface area contributed by atoms with Crippen molar-refractivity contribution in [2.75, 3.05) is 18.6 Å². The van der Waals surface area contributed by atoms with Crippen LogP contribution in [-0.4, -0.2) is 25.3 Å². The molecule has 0 saturated carbocycles. The summed E-state index contributed by atoms with van der Waals surface area (Å²) in [5.41, 5.74) is 1.22. The van der Waals surface area contributed by atoms with Crippen molar-refractivity contribution < 1.29 is 14.3 Å². The Morgan fingerprint density at radius 3 is 2.65 bits per heavy atom. The van der Waals surface area contributed by atoms with E-state index in [1.807, 2.05) is 20.8 Å². The fraction of sp³-hybridized carbons (Fsp3) is 0.500. The van der Waals surface area contributed by atoms with Gasteiger partial charge in [-0.15, -0.1) is 0 Å². The van der Waals surface area contributed by atoms with Crippen LogP contribution in [0.2, 0.25) is 0 Å². The summed E-state index contributed by atoms with van der Waals surface area (Å²) < 4.78 is 5.15. The van der Waals surface area contributed by atoms with E-state index in [4.69, 9.17) is 4.74 Å². The number of hydrogen-bond acceptors (Lipinski definition) is 3. The second kappa shape index (κ2) is 5.27. The van der Waals surface area contributed by atoms with Crippen LogP contribution in [0.15, 0.2) is 18.2 Å². The Balaban J connectivity index is 2.34. The fourth-order valence-electron chi connectivity index (χ4n) is 2.38. The van der Waals surface area contributed by atoms with Crippen LogP contribution < -0.4 is 9.64 Å². The second-order valence-corrected chi connectivity index (χ2v) is 6.34. The van der Waals surface area contributed by atoms with E-state index in [1.165, 1.54) is 0 Å². The Morgan fingerprint density at radius 1 is 1.35 bits per heavy atom. The van der Waals surface area contributed by atoms with Crippen LogP contribution in [0.25, 0.3) is 0 Å². The summed E-state index contributed by atoms with van der Waals surface area (Å²) >= 11 is 0. The third kappa shape index (κ3) is 3.00. The molecule has 0 atom stereocenters. The van der Waals surface area contributed by atoms with E-state index >= 15 is 0 Å². The molecule has 4 heteroatoms. The normalized spacial score (nSPS) is 15.0. The average molecular weight is 275 g/mol. The minimum atomic E-state index is -0.0643. The average Bonchev–Trinajstić information content (AvgIpc) is 2.36. The van der Waals surface area contributed by atoms with E-state index in [0.717, 1.165) is 0 Å². The van der Waals surface area contributed by atoms with Crippen molar-refractivity contribution in [1.82, 2.24) is 0 Å². The number of benzene rings is 1. The molecule has 4 nitrogen and oxygen atoms in total. The summed E-state index contributed by atoms with van der Waals surface area (Å²) in [6.07, 6.45) is 0.836. The molecule has 0 spiro atoms. The number of Topliss-reactive ketones (excluding diaryl/α,β-unsaturated/α-hetero) is 1. The Labute approximate surface area is 119 Å². The lowest BCUT2D eigenvalue weighted by Gasteiger charge is -2.31. The minimum Gasteiger partial charge on any atom is -0.497 e. The molecule has 0 saturated heterocycles. The molecule has 1 amide bonds. The van der Waals surface area contributed by atoms with E-state index in [9.17, 15) is 9.59 Å². The molecule has 20 heavy (non-hydrogen) atoms. The quantitative estimate of drug-likeness (QED) is 0.833. The summed E-state index contributed by atoms with van der Waals surface area (Å²) in [6.45, 7) is 6.58. The molecule has 1 aliphatic rings. The summed E-state index contributed by atoms with van der Waals surface area (Å²) in [5.74, 6) is 0.775.